The van der Waals surface area contributed by atoms with E-state index in [1.54, 1.807) is 4.57 Å². The van der Waals surface area contributed by atoms with Gasteiger partial charge in [0.2, 0.25) is 0 Å². The van der Waals surface area contributed by atoms with Gasteiger partial charge in [-0.2, -0.15) is 0 Å². The van der Waals surface area contributed by atoms with Gasteiger partial charge in [-0.15, -0.1) is 0 Å². The van der Waals surface area contributed by atoms with Crippen LogP contribution in [0.25, 0.3) is 10.9 Å². The van der Waals surface area contributed by atoms with Gasteiger partial charge in [-0.3, -0.25) is 14.7 Å². The molecule has 3 rings (SSSR count). The molecule has 3 nitrogen and oxygen atoms in total. The summed E-state index contributed by atoms with van der Waals surface area (Å²) in [5.74, 6) is -0.119. The number of para-hydroxylation sites is 1. The standard InChI is InChI=1S/C10H6N2OS/c13-9-8-5-6-3-1-2-4-7(6)12(8)10(14)11-9/h1-5H,(H,11,13,14). The van der Waals surface area contributed by atoms with Gasteiger partial charge in [0.1, 0.15) is 5.69 Å². The number of nitrogens with one attached hydrogen (secondary N) is 1. The Kier molecular flexibility index (Phi) is 1.33. The molecule has 4 heteroatoms. The summed E-state index contributed by atoms with van der Waals surface area (Å²) in [6, 6.07) is 9.64. The summed E-state index contributed by atoms with van der Waals surface area (Å²) in [7, 11) is 0. The minimum absolute atomic E-state index is 0.119. The van der Waals surface area contributed by atoms with Crippen LogP contribution < -0.4 is 5.32 Å². The van der Waals surface area contributed by atoms with E-state index in [0.29, 0.717) is 10.8 Å². The van der Waals surface area contributed by atoms with E-state index in [1.807, 2.05) is 30.3 Å². The third-order valence-corrected chi connectivity index (χ3v) is 2.65. The number of fused-ring (bicyclic) bond motifs is 3. The fraction of sp³-hybridized carbons (Fsp3) is 0. The van der Waals surface area contributed by atoms with Crippen molar-refractivity contribution >= 4 is 34.1 Å². The largest absolute Gasteiger partial charge is 0.297 e. The predicted molar refractivity (Wildman–Crippen MR) is 57.4 cm³/mol. The molecule has 0 spiro atoms. The molecule has 0 bridgehead atoms. The van der Waals surface area contributed by atoms with Crippen LogP contribution in [-0.4, -0.2) is 15.6 Å². The van der Waals surface area contributed by atoms with E-state index in [4.69, 9.17) is 12.2 Å². The lowest BCUT2D eigenvalue weighted by atomic mass is 10.2. The molecule has 68 valence electrons. The molecule has 1 N–H and O–H groups in total. The Bertz CT molecular complexity index is 571. The summed E-state index contributed by atoms with van der Waals surface area (Å²) in [5.41, 5.74) is 1.60. The third kappa shape index (κ3) is 0.807. The van der Waals surface area contributed by atoms with Crippen LogP contribution >= 0.6 is 12.2 Å². The van der Waals surface area contributed by atoms with Gasteiger partial charge in [0.05, 0.1) is 5.52 Å². The Morgan fingerprint density at radius 1 is 1.29 bits per heavy atom. The Balaban J connectivity index is 2.49. The molecular weight excluding hydrogens is 196 g/mol. The van der Waals surface area contributed by atoms with Gasteiger partial charge in [-0.1, -0.05) is 18.2 Å². The molecule has 0 atom stereocenters. The van der Waals surface area contributed by atoms with Crippen LogP contribution in [0.15, 0.2) is 30.3 Å². The minimum atomic E-state index is -0.119. The second kappa shape index (κ2) is 2.42. The maximum absolute atomic E-state index is 11.4. The fourth-order valence-corrected chi connectivity index (χ4v) is 2.05. The van der Waals surface area contributed by atoms with Crippen LogP contribution in [0.1, 0.15) is 10.5 Å². The van der Waals surface area contributed by atoms with Crippen molar-refractivity contribution in [1.82, 2.24) is 9.88 Å². The first kappa shape index (κ1) is 7.70. The molecule has 1 aliphatic rings. The number of hydrogen-bond donors (Lipinski definition) is 1. The SMILES string of the molecule is O=C1NC(=S)n2c1cc1ccccc12. The van der Waals surface area contributed by atoms with Crippen LogP contribution in [0.2, 0.25) is 0 Å². The van der Waals surface area contributed by atoms with E-state index >= 15 is 0 Å². The monoisotopic (exact) mass is 202 g/mol. The van der Waals surface area contributed by atoms with Crippen molar-refractivity contribution in [1.29, 1.82) is 0 Å². The van der Waals surface area contributed by atoms with Crippen molar-refractivity contribution in [3.05, 3.63) is 36.0 Å². The molecule has 1 aromatic heterocycles. The highest BCUT2D eigenvalue weighted by Gasteiger charge is 2.25. The molecule has 2 aromatic rings. The molecule has 0 saturated carbocycles. The van der Waals surface area contributed by atoms with Gasteiger partial charge in [0.15, 0.2) is 5.11 Å². The molecule has 1 aromatic carbocycles. The summed E-state index contributed by atoms with van der Waals surface area (Å²) in [5, 5.41) is 4.12. The number of benzene rings is 1. The molecule has 0 radical (unpaired) electrons. The van der Waals surface area contributed by atoms with Crippen LogP contribution in [-0.2, 0) is 0 Å². The first-order valence-corrected chi connectivity index (χ1v) is 4.64. The number of rotatable bonds is 0. The molecular formula is C10H6N2OS. The average molecular weight is 202 g/mol. The lowest BCUT2D eigenvalue weighted by Crippen LogP contribution is -2.21. The lowest BCUT2D eigenvalue weighted by Gasteiger charge is -1.98. The fourth-order valence-electron chi connectivity index (χ4n) is 1.76. The third-order valence-electron chi connectivity index (χ3n) is 2.37. The molecule has 0 unspecified atom stereocenters. The Morgan fingerprint density at radius 2 is 2.07 bits per heavy atom. The van der Waals surface area contributed by atoms with Crippen molar-refractivity contribution < 1.29 is 4.79 Å². The quantitative estimate of drug-likeness (QED) is 0.657. The summed E-state index contributed by atoms with van der Waals surface area (Å²) in [6.45, 7) is 0. The van der Waals surface area contributed by atoms with Gasteiger partial charge >= 0.3 is 0 Å². The van der Waals surface area contributed by atoms with E-state index < -0.39 is 0 Å². The molecule has 0 fully saturated rings. The normalized spacial score (nSPS) is 14.6. The topological polar surface area (TPSA) is 34.0 Å². The smallest absolute Gasteiger partial charge is 0.274 e. The molecule has 2 heterocycles. The van der Waals surface area contributed by atoms with Crippen LogP contribution in [0.3, 0.4) is 0 Å². The summed E-state index contributed by atoms with van der Waals surface area (Å²) in [4.78, 5) is 11.4. The van der Waals surface area contributed by atoms with Gasteiger partial charge < -0.3 is 0 Å². The molecule has 1 amide bonds. The first-order chi connectivity index (χ1) is 6.77. The van der Waals surface area contributed by atoms with Gasteiger partial charge in [-0.05, 0) is 24.4 Å². The van der Waals surface area contributed by atoms with Gasteiger partial charge in [-0.25, -0.2) is 0 Å². The number of nitrogens with zero attached hydrogens (tertiary/aromatic N) is 1. The second-order valence-electron chi connectivity index (χ2n) is 3.18. The zero-order valence-electron chi connectivity index (χ0n) is 7.15. The summed E-state index contributed by atoms with van der Waals surface area (Å²) >= 11 is 5.06. The average Bonchev–Trinajstić information content (AvgIpc) is 2.66. The zero-order valence-corrected chi connectivity index (χ0v) is 7.97. The number of thiocarbonyl (C=S) groups is 1. The number of carbonyl (C=O) groups is 1. The highest BCUT2D eigenvalue weighted by Crippen LogP contribution is 2.22. The van der Waals surface area contributed by atoms with Crippen LogP contribution in [0, 0.1) is 0 Å². The predicted octanol–water partition coefficient (Wildman–Crippen LogP) is 1.52. The van der Waals surface area contributed by atoms with Crippen molar-refractivity contribution in [2.24, 2.45) is 0 Å². The summed E-state index contributed by atoms with van der Waals surface area (Å²) in [6.07, 6.45) is 0. The van der Waals surface area contributed by atoms with Crippen molar-refractivity contribution in [3.8, 4) is 0 Å². The van der Waals surface area contributed by atoms with Gasteiger partial charge in [0, 0.05) is 5.39 Å². The highest BCUT2D eigenvalue weighted by atomic mass is 32.1. The van der Waals surface area contributed by atoms with Gasteiger partial charge in [0.25, 0.3) is 5.91 Å². The second-order valence-corrected chi connectivity index (χ2v) is 3.57. The maximum atomic E-state index is 11.4. The maximum Gasteiger partial charge on any atom is 0.274 e. The number of amides is 1. The van der Waals surface area contributed by atoms with E-state index in [9.17, 15) is 4.79 Å². The van der Waals surface area contributed by atoms with Crippen molar-refractivity contribution in [3.63, 3.8) is 0 Å². The Morgan fingerprint density at radius 3 is 2.93 bits per heavy atom. The Hall–Kier alpha value is -1.68. The molecule has 14 heavy (non-hydrogen) atoms. The number of hydrogen-bond acceptors (Lipinski definition) is 2. The summed E-state index contributed by atoms with van der Waals surface area (Å²) < 4.78 is 1.77. The molecule has 0 saturated heterocycles. The minimum Gasteiger partial charge on any atom is -0.297 e. The lowest BCUT2D eigenvalue weighted by molar-refractivity contribution is 0.0982. The van der Waals surface area contributed by atoms with Crippen LogP contribution in [0.5, 0.6) is 0 Å². The van der Waals surface area contributed by atoms with E-state index in [1.165, 1.54) is 0 Å². The van der Waals surface area contributed by atoms with Crippen molar-refractivity contribution in [2.45, 2.75) is 0 Å². The van der Waals surface area contributed by atoms with E-state index in [0.717, 1.165) is 10.9 Å². The van der Waals surface area contributed by atoms with Crippen LogP contribution in [0.4, 0.5) is 0 Å². The highest BCUT2D eigenvalue weighted by molar-refractivity contribution is 7.80. The first-order valence-electron chi connectivity index (χ1n) is 4.23. The molecule has 1 aliphatic heterocycles. The van der Waals surface area contributed by atoms with Crippen molar-refractivity contribution in [2.75, 3.05) is 0 Å². The van der Waals surface area contributed by atoms with E-state index in [2.05, 4.69) is 5.32 Å². The number of carbonyl (C=O) groups excluding carboxylic acids is 1. The zero-order chi connectivity index (χ0) is 9.71. The number of aromatic nitrogens is 1. The Labute approximate surface area is 85.3 Å². The van der Waals surface area contributed by atoms with E-state index in [-0.39, 0.29) is 5.91 Å². The molecule has 0 aliphatic carbocycles.